The van der Waals surface area contributed by atoms with Crippen molar-refractivity contribution in [2.24, 2.45) is 5.92 Å². The van der Waals surface area contributed by atoms with Gasteiger partial charge in [0.05, 0.1) is 11.6 Å². The summed E-state index contributed by atoms with van der Waals surface area (Å²) in [6.07, 6.45) is -1.09. The Hall–Kier alpha value is -2.85. The Bertz CT molecular complexity index is 966. The molecule has 1 aliphatic heterocycles. The molecule has 7 heteroatoms. The maximum atomic E-state index is 15.1. The third kappa shape index (κ3) is 5.68. The SMILES string of the molecule is C=C1/C=C(/C#N)C(CC)CN(C)C[C@H]1c1cccc(F)c1/C(=C/NCC)C(=C)C(F)(F)F. The third-order valence-electron chi connectivity index (χ3n) is 5.68. The molecule has 0 fully saturated rings. The van der Waals surface area contributed by atoms with E-state index in [1.54, 1.807) is 19.1 Å². The van der Waals surface area contributed by atoms with Crippen LogP contribution in [0, 0.1) is 23.1 Å². The van der Waals surface area contributed by atoms with E-state index in [2.05, 4.69) is 24.5 Å². The van der Waals surface area contributed by atoms with Crippen molar-refractivity contribution in [1.82, 2.24) is 10.2 Å². The van der Waals surface area contributed by atoms with Gasteiger partial charge in [-0.25, -0.2) is 4.39 Å². The highest BCUT2D eigenvalue weighted by atomic mass is 19.4. The average molecular weight is 448 g/mol. The Labute approximate surface area is 187 Å². The van der Waals surface area contributed by atoms with Crippen molar-refractivity contribution in [1.29, 1.82) is 5.26 Å². The standard InChI is InChI=1S/C25H29F4N3/c1-6-18-14-32(5)15-22(16(3)11-19(18)12-30)20-9-8-10-23(26)24(20)21(13-31-7-2)17(4)25(27,28)29/h8-11,13,18,22,31H,3-4,6-7,14-15H2,1-2,5H3/b19-11-,21-13+/t18?,22-/m1/s1. The highest BCUT2D eigenvalue weighted by Gasteiger charge is 2.37. The highest BCUT2D eigenvalue weighted by Crippen LogP contribution is 2.41. The molecular weight excluding hydrogens is 418 g/mol. The van der Waals surface area contributed by atoms with Gasteiger partial charge in [0.2, 0.25) is 0 Å². The molecule has 1 heterocycles. The minimum atomic E-state index is -4.72. The van der Waals surface area contributed by atoms with Gasteiger partial charge in [-0.05, 0) is 43.7 Å². The van der Waals surface area contributed by atoms with E-state index >= 15 is 4.39 Å². The Morgan fingerprint density at radius 1 is 1.31 bits per heavy atom. The number of benzene rings is 1. The van der Waals surface area contributed by atoms with Crippen molar-refractivity contribution in [3.05, 3.63) is 77.3 Å². The molecule has 0 aromatic heterocycles. The summed E-state index contributed by atoms with van der Waals surface area (Å²) in [5.74, 6) is -1.24. The van der Waals surface area contributed by atoms with E-state index in [4.69, 9.17) is 0 Å². The molecular formula is C25H29F4N3. The molecule has 2 atom stereocenters. The van der Waals surface area contributed by atoms with Gasteiger partial charge in [-0.2, -0.15) is 18.4 Å². The quantitative estimate of drug-likeness (QED) is 0.432. The molecule has 2 rings (SSSR count). The van der Waals surface area contributed by atoms with E-state index in [1.807, 2.05) is 18.9 Å². The summed E-state index contributed by atoms with van der Waals surface area (Å²) in [4.78, 5) is 2.01. The largest absolute Gasteiger partial charge is 0.416 e. The summed E-state index contributed by atoms with van der Waals surface area (Å²) in [7, 11) is 1.88. The first kappa shape index (κ1) is 25.4. The van der Waals surface area contributed by atoms with E-state index in [0.717, 1.165) is 18.7 Å². The summed E-state index contributed by atoms with van der Waals surface area (Å²) in [5.41, 5.74) is -0.140. The Morgan fingerprint density at radius 3 is 2.56 bits per heavy atom. The van der Waals surface area contributed by atoms with Gasteiger partial charge >= 0.3 is 6.18 Å². The zero-order valence-electron chi connectivity index (χ0n) is 18.7. The topological polar surface area (TPSA) is 39.1 Å². The van der Waals surface area contributed by atoms with Crippen LogP contribution in [0.15, 0.2) is 60.4 Å². The second kappa shape index (κ2) is 10.6. The average Bonchev–Trinajstić information content (AvgIpc) is 2.73. The number of likely N-dealkylation sites (N-methyl/N-ethyl adjacent to an activating group) is 1. The highest BCUT2D eigenvalue weighted by molar-refractivity contribution is 5.82. The van der Waals surface area contributed by atoms with Crippen LogP contribution in [-0.2, 0) is 0 Å². The van der Waals surface area contributed by atoms with E-state index in [0.29, 0.717) is 36.3 Å². The van der Waals surface area contributed by atoms with Gasteiger partial charge in [0.15, 0.2) is 0 Å². The zero-order chi connectivity index (χ0) is 24.1. The summed E-state index contributed by atoms with van der Waals surface area (Å²) in [6, 6.07) is 6.46. The van der Waals surface area contributed by atoms with Crippen LogP contribution in [-0.4, -0.2) is 37.8 Å². The molecule has 3 nitrogen and oxygen atoms in total. The molecule has 0 saturated heterocycles. The predicted octanol–water partition coefficient (Wildman–Crippen LogP) is 5.96. The second-order valence-electron chi connectivity index (χ2n) is 7.96. The molecule has 1 aromatic carbocycles. The molecule has 1 N–H and O–H groups in total. The molecule has 0 bridgehead atoms. The smallest absolute Gasteiger partial charge is 0.391 e. The van der Waals surface area contributed by atoms with Crippen LogP contribution in [0.1, 0.15) is 37.3 Å². The zero-order valence-corrected chi connectivity index (χ0v) is 18.7. The van der Waals surface area contributed by atoms with E-state index < -0.39 is 23.5 Å². The van der Waals surface area contributed by atoms with E-state index in [1.165, 1.54) is 6.07 Å². The van der Waals surface area contributed by atoms with Crippen molar-refractivity contribution in [2.75, 3.05) is 26.7 Å². The van der Waals surface area contributed by atoms with Crippen molar-refractivity contribution in [2.45, 2.75) is 32.4 Å². The lowest BCUT2D eigenvalue weighted by molar-refractivity contribution is -0.0867. The number of halogens is 4. The number of rotatable bonds is 6. The summed E-state index contributed by atoms with van der Waals surface area (Å²) < 4.78 is 55.9. The molecule has 1 aliphatic rings. The Morgan fingerprint density at radius 2 is 2.00 bits per heavy atom. The first-order chi connectivity index (χ1) is 15.0. The first-order valence-electron chi connectivity index (χ1n) is 10.5. The molecule has 32 heavy (non-hydrogen) atoms. The molecule has 1 unspecified atom stereocenters. The van der Waals surface area contributed by atoms with Gasteiger partial charge in [-0.15, -0.1) is 0 Å². The summed E-state index contributed by atoms with van der Waals surface area (Å²) in [5, 5.41) is 12.4. The maximum absolute atomic E-state index is 15.1. The van der Waals surface area contributed by atoms with E-state index in [9.17, 15) is 18.4 Å². The number of nitrogens with zero attached hydrogens (tertiary/aromatic N) is 2. The molecule has 0 aliphatic carbocycles. The van der Waals surface area contributed by atoms with Crippen LogP contribution in [0.4, 0.5) is 17.6 Å². The second-order valence-corrected chi connectivity index (χ2v) is 7.96. The number of nitrogens with one attached hydrogen (secondary N) is 1. The van der Waals surface area contributed by atoms with Crippen LogP contribution < -0.4 is 5.32 Å². The van der Waals surface area contributed by atoms with Crippen LogP contribution in [0.3, 0.4) is 0 Å². The van der Waals surface area contributed by atoms with Gasteiger partial charge in [0.25, 0.3) is 0 Å². The van der Waals surface area contributed by atoms with Crippen LogP contribution >= 0.6 is 0 Å². The normalized spacial score (nSPS) is 22.4. The van der Waals surface area contributed by atoms with Crippen molar-refractivity contribution >= 4 is 5.57 Å². The minimum absolute atomic E-state index is 0.0314. The lowest BCUT2D eigenvalue weighted by Crippen LogP contribution is -2.33. The third-order valence-corrected chi connectivity index (χ3v) is 5.68. The number of hydrogen-bond donors (Lipinski definition) is 1. The molecule has 1 aromatic rings. The number of alkyl halides is 3. The van der Waals surface area contributed by atoms with Crippen molar-refractivity contribution in [3.8, 4) is 6.07 Å². The first-order valence-corrected chi connectivity index (χ1v) is 10.5. The molecule has 0 radical (unpaired) electrons. The van der Waals surface area contributed by atoms with Gasteiger partial charge < -0.3 is 10.2 Å². The van der Waals surface area contributed by atoms with Gasteiger partial charge in [-0.3, -0.25) is 0 Å². The van der Waals surface area contributed by atoms with Crippen LogP contribution in [0.2, 0.25) is 0 Å². The van der Waals surface area contributed by atoms with Crippen molar-refractivity contribution in [3.63, 3.8) is 0 Å². The molecule has 0 spiro atoms. The fourth-order valence-corrected chi connectivity index (χ4v) is 3.95. The Kier molecular flexibility index (Phi) is 8.45. The molecule has 0 saturated carbocycles. The molecule has 172 valence electrons. The van der Waals surface area contributed by atoms with Gasteiger partial charge in [0, 0.05) is 54.4 Å². The maximum Gasteiger partial charge on any atom is 0.416 e. The summed E-state index contributed by atoms with van der Waals surface area (Å²) in [6.45, 7) is 12.4. The minimum Gasteiger partial charge on any atom is -0.391 e. The number of hydrogen-bond acceptors (Lipinski definition) is 3. The van der Waals surface area contributed by atoms with Crippen molar-refractivity contribution < 1.29 is 17.6 Å². The fourth-order valence-electron chi connectivity index (χ4n) is 3.95. The van der Waals surface area contributed by atoms with Crippen LogP contribution in [0.25, 0.3) is 5.57 Å². The lowest BCUT2D eigenvalue weighted by Gasteiger charge is -2.32. The Balaban J connectivity index is 2.71. The summed E-state index contributed by atoms with van der Waals surface area (Å²) >= 11 is 0. The monoisotopic (exact) mass is 447 g/mol. The number of allylic oxidation sites excluding steroid dienone is 3. The fraction of sp³-hybridized carbons (Fsp3) is 0.400. The van der Waals surface area contributed by atoms with Gasteiger partial charge in [0.1, 0.15) is 5.82 Å². The van der Waals surface area contributed by atoms with Crippen LogP contribution in [0.5, 0.6) is 0 Å². The lowest BCUT2D eigenvalue weighted by atomic mass is 9.81. The predicted molar refractivity (Wildman–Crippen MR) is 120 cm³/mol. The molecule has 0 amide bonds. The van der Waals surface area contributed by atoms with E-state index in [-0.39, 0.29) is 17.1 Å². The van der Waals surface area contributed by atoms with Gasteiger partial charge in [-0.1, -0.05) is 32.2 Å². The number of nitriles is 1.